The summed E-state index contributed by atoms with van der Waals surface area (Å²) in [4.78, 5) is 23.3. The lowest BCUT2D eigenvalue weighted by molar-refractivity contribution is -0.116. The molecule has 1 aromatic carbocycles. The Morgan fingerprint density at radius 2 is 2.12 bits per heavy atom. The lowest BCUT2D eigenvalue weighted by Gasteiger charge is -2.20. The van der Waals surface area contributed by atoms with Crippen LogP contribution in [-0.2, 0) is 4.79 Å². The molecule has 1 atom stereocenters. The van der Waals surface area contributed by atoms with E-state index >= 15 is 0 Å². The fourth-order valence-corrected chi connectivity index (χ4v) is 5.09. The number of amides is 1. The van der Waals surface area contributed by atoms with Gasteiger partial charge >= 0.3 is 5.97 Å². The minimum absolute atomic E-state index is 0.0342. The summed E-state index contributed by atoms with van der Waals surface area (Å²) in [5.74, 6) is 2.12. The first-order valence-electron chi connectivity index (χ1n) is 7.51. The minimum Gasteiger partial charge on any atom is -0.476 e. The SMILES string of the molecule is O=C(CC1CSCCS1)Nc1ccccc1-n1ccc(C(=O)O)n1. The molecule has 3 rings (SSSR count). The van der Waals surface area contributed by atoms with Crippen molar-refractivity contribution in [2.24, 2.45) is 0 Å². The first kappa shape index (κ1) is 16.9. The molecule has 0 bridgehead atoms. The molecule has 1 aliphatic rings. The number of benzene rings is 1. The second-order valence-electron chi connectivity index (χ2n) is 5.29. The van der Waals surface area contributed by atoms with Crippen LogP contribution in [0, 0.1) is 0 Å². The highest BCUT2D eigenvalue weighted by molar-refractivity contribution is 8.06. The van der Waals surface area contributed by atoms with Crippen molar-refractivity contribution in [3.63, 3.8) is 0 Å². The monoisotopic (exact) mass is 363 g/mol. The average Bonchev–Trinajstić information content (AvgIpc) is 3.06. The summed E-state index contributed by atoms with van der Waals surface area (Å²) in [7, 11) is 0. The molecule has 1 unspecified atom stereocenters. The minimum atomic E-state index is -1.08. The topological polar surface area (TPSA) is 84.2 Å². The Morgan fingerprint density at radius 3 is 2.83 bits per heavy atom. The molecule has 8 heteroatoms. The fraction of sp³-hybridized carbons (Fsp3) is 0.312. The van der Waals surface area contributed by atoms with Gasteiger partial charge in [0.25, 0.3) is 0 Å². The highest BCUT2D eigenvalue weighted by atomic mass is 32.2. The molecule has 0 radical (unpaired) electrons. The number of rotatable bonds is 5. The van der Waals surface area contributed by atoms with Crippen LogP contribution in [0.4, 0.5) is 5.69 Å². The third-order valence-corrected chi connectivity index (χ3v) is 6.38. The molecule has 0 saturated carbocycles. The van der Waals surface area contributed by atoms with Gasteiger partial charge in [0.1, 0.15) is 0 Å². The van der Waals surface area contributed by atoms with Gasteiger partial charge in [-0.05, 0) is 18.2 Å². The quantitative estimate of drug-likeness (QED) is 0.850. The van der Waals surface area contributed by atoms with Crippen molar-refractivity contribution >= 4 is 41.1 Å². The molecule has 2 aromatic rings. The molecule has 2 heterocycles. The Balaban J connectivity index is 1.73. The van der Waals surface area contributed by atoms with E-state index in [0.717, 1.165) is 17.3 Å². The van der Waals surface area contributed by atoms with Crippen LogP contribution in [0.1, 0.15) is 16.9 Å². The number of aromatic carboxylic acids is 1. The van der Waals surface area contributed by atoms with Crippen molar-refractivity contribution in [1.29, 1.82) is 0 Å². The van der Waals surface area contributed by atoms with Crippen molar-refractivity contribution in [3.05, 3.63) is 42.2 Å². The second kappa shape index (κ2) is 7.76. The van der Waals surface area contributed by atoms with Gasteiger partial charge in [-0.15, -0.1) is 0 Å². The van der Waals surface area contributed by atoms with Crippen LogP contribution in [0.3, 0.4) is 0 Å². The summed E-state index contributed by atoms with van der Waals surface area (Å²) in [6.45, 7) is 0. The largest absolute Gasteiger partial charge is 0.476 e. The van der Waals surface area contributed by atoms with E-state index in [9.17, 15) is 9.59 Å². The first-order valence-corrected chi connectivity index (χ1v) is 9.71. The standard InChI is InChI=1S/C16H17N3O3S2/c20-15(9-11-10-23-7-8-24-11)17-12-3-1-2-4-14(12)19-6-5-13(18-19)16(21)22/h1-6,11H,7-10H2,(H,17,20)(H,21,22). The molecule has 1 fully saturated rings. The lowest BCUT2D eigenvalue weighted by Crippen LogP contribution is -2.23. The maximum Gasteiger partial charge on any atom is 0.356 e. The predicted molar refractivity (Wildman–Crippen MR) is 97.3 cm³/mol. The molecule has 0 spiro atoms. The molecule has 6 nitrogen and oxygen atoms in total. The number of anilines is 1. The zero-order valence-electron chi connectivity index (χ0n) is 12.8. The number of nitrogens with one attached hydrogen (secondary N) is 1. The van der Waals surface area contributed by atoms with E-state index in [4.69, 9.17) is 5.11 Å². The molecule has 2 N–H and O–H groups in total. The summed E-state index contributed by atoms with van der Waals surface area (Å²) in [5.41, 5.74) is 1.23. The number of para-hydroxylation sites is 2. The normalized spacial score (nSPS) is 17.4. The number of aromatic nitrogens is 2. The molecule has 1 aromatic heterocycles. The zero-order valence-corrected chi connectivity index (χ0v) is 14.5. The maximum atomic E-state index is 12.3. The van der Waals surface area contributed by atoms with Crippen molar-refractivity contribution in [2.75, 3.05) is 22.6 Å². The van der Waals surface area contributed by atoms with Crippen LogP contribution in [0.15, 0.2) is 36.5 Å². The van der Waals surface area contributed by atoms with Crippen molar-refractivity contribution < 1.29 is 14.7 Å². The summed E-state index contributed by atoms with van der Waals surface area (Å²) < 4.78 is 1.46. The van der Waals surface area contributed by atoms with Gasteiger partial charge in [-0.3, -0.25) is 4.79 Å². The van der Waals surface area contributed by atoms with E-state index < -0.39 is 5.97 Å². The van der Waals surface area contributed by atoms with Crippen LogP contribution in [0.2, 0.25) is 0 Å². The summed E-state index contributed by atoms with van der Waals surface area (Å²) in [6, 6.07) is 8.65. The number of hydrogen-bond acceptors (Lipinski definition) is 5. The summed E-state index contributed by atoms with van der Waals surface area (Å²) in [5, 5.41) is 16.3. The Labute approximate surface area is 148 Å². The van der Waals surface area contributed by atoms with E-state index in [1.165, 1.54) is 10.7 Å². The molecule has 0 aliphatic carbocycles. The van der Waals surface area contributed by atoms with Crippen LogP contribution in [-0.4, -0.2) is 49.3 Å². The Kier molecular flexibility index (Phi) is 5.47. The van der Waals surface area contributed by atoms with Crippen molar-refractivity contribution in [2.45, 2.75) is 11.7 Å². The lowest BCUT2D eigenvalue weighted by atomic mass is 10.2. The Hall–Kier alpha value is -1.93. The molecule has 1 saturated heterocycles. The van der Waals surface area contributed by atoms with Crippen LogP contribution in [0.5, 0.6) is 0 Å². The van der Waals surface area contributed by atoms with Crippen LogP contribution in [0.25, 0.3) is 5.69 Å². The highest BCUT2D eigenvalue weighted by Gasteiger charge is 2.19. The van der Waals surface area contributed by atoms with Crippen LogP contribution >= 0.6 is 23.5 Å². The highest BCUT2D eigenvalue weighted by Crippen LogP contribution is 2.27. The average molecular weight is 363 g/mol. The van der Waals surface area contributed by atoms with Gasteiger partial charge in [0.15, 0.2) is 5.69 Å². The number of hydrogen-bond donors (Lipinski definition) is 2. The fourth-order valence-electron chi connectivity index (χ4n) is 2.41. The molecule has 24 heavy (non-hydrogen) atoms. The second-order valence-corrected chi connectivity index (χ2v) is 7.85. The summed E-state index contributed by atoms with van der Waals surface area (Å²) >= 11 is 3.73. The van der Waals surface area contributed by atoms with Crippen molar-refractivity contribution in [3.8, 4) is 5.69 Å². The van der Waals surface area contributed by atoms with E-state index in [1.54, 1.807) is 18.3 Å². The van der Waals surface area contributed by atoms with Gasteiger partial charge in [-0.1, -0.05) is 12.1 Å². The summed E-state index contributed by atoms with van der Waals surface area (Å²) in [6.07, 6.45) is 2.05. The van der Waals surface area contributed by atoms with E-state index in [0.29, 0.717) is 23.0 Å². The number of carbonyl (C=O) groups excluding carboxylic acids is 1. The number of carboxylic acid groups (broad SMARTS) is 1. The first-order chi connectivity index (χ1) is 11.6. The van der Waals surface area contributed by atoms with Gasteiger partial charge in [0.05, 0.1) is 11.4 Å². The van der Waals surface area contributed by atoms with Gasteiger partial charge in [0.2, 0.25) is 5.91 Å². The van der Waals surface area contributed by atoms with Gasteiger partial charge in [-0.2, -0.15) is 28.6 Å². The molecule has 1 amide bonds. The third kappa shape index (κ3) is 4.12. The van der Waals surface area contributed by atoms with Crippen molar-refractivity contribution in [1.82, 2.24) is 9.78 Å². The smallest absolute Gasteiger partial charge is 0.356 e. The van der Waals surface area contributed by atoms with Crippen LogP contribution < -0.4 is 5.32 Å². The molecular weight excluding hydrogens is 346 g/mol. The zero-order chi connectivity index (χ0) is 16.9. The number of carbonyl (C=O) groups is 2. The van der Waals surface area contributed by atoms with Gasteiger partial charge in [0, 0.05) is 35.1 Å². The molecule has 126 valence electrons. The Morgan fingerprint density at radius 1 is 1.29 bits per heavy atom. The number of thioether (sulfide) groups is 2. The maximum absolute atomic E-state index is 12.3. The number of carboxylic acids is 1. The number of nitrogens with zero attached hydrogens (tertiary/aromatic N) is 2. The predicted octanol–water partition coefficient (Wildman–Crippen LogP) is 2.75. The Bertz CT molecular complexity index is 742. The van der Waals surface area contributed by atoms with Gasteiger partial charge < -0.3 is 10.4 Å². The van der Waals surface area contributed by atoms with E-state index in [2.05, 4.69) is 10.4 Å². The molecule has 1 aliphatic heterocycles. The van der Waals surface area contributed by atoms with Gasteiger partial charge in [-0.25, -0.2) is 9.48 Å². The third-order valence-electron chi connectivity index (χ3n) is 3.53. The molecular formula is C16H17N3O3S2. The van der Waals surface area contributed by atoms with E-state index in [1.807, 2.05) is 35.7 Å². The van der Waals surface area contributed by atoms with E-state index in [-0.39, 0.29) is 11.6 Å².